The molecule has 1 aromatic rings. The number of urea groups is 1. The van der Waals surface area contributed by atoms with E-state index in [4.69, 9.17) is 4.74 Å². The van der Waals surface area contributed by atoms with Gasteiger partial charge in [-0.2, -0.15) is 4.31 Å². The molecule has 3 amide bonds. The molecule has 3 rings (SSSR count). The number of nitrogens with zero attached hydrogens (tertiary/aromatic N) is 1. The van der Waals surface area contributed by atoms with E-state index in [1.165, 1.54) is 6.92 Å². The summed E-state index contributed by atoms with van der Waals surface area (Å²) in [5.74, 6) is -1.58. The number of ether oxygens (including phenoxy) is 1. The lowest BCUT2D eigenvalue weighted by Gasteiger charge is -2.33. The van der Waals surface area contributed by atoms with Crippen molar-refractivity contribution in [3.05, 3.63) is 35.4 Å². The van der Waals surface area contributed by atoms with Gasteiger partial charge in [-0.15, -0.1) is 0 Å². The summed E-state index contributed by atoms with van der Waals surface area (Å²) in [6.07, 6.45) is 4.89. The van der Waals surface area contributed by atoms with E-state index >= 15 is 0 Å². The van der Waals surface area contributed by atoms with Crippen molar-refractivity contribution >= 4 is 27.9 Å². The number of hydrogen-bond acceptors (Lipinski definition) is 6. The Balaban J connectivity index is 1.60. The number of nitrogens with one attached hydrogen (secondary N) is 2. The van der Waals surface area contributed by atoms with E-state index < -0.39 is 40.1 Å². The predicted molar refractivity (Wildman–Crippen MR) is 113 cm³/mol. The Morgan fingerprint density at radius 3 is 2.39 bits per heavy atom. The molecule has 0 unspecified atom stereocenters. The number of esters is 1. The molecule has 1 aliphatic carbocycles. The molecular formula is C21H29N3O6S. The topological polar surface area (TPSA) is 122 Å². The zero-order valence-corrected chi connectivity index (χ0v) is 18.6. The Bertz CT molecular complexity index is 942. The highest BCUT2D eigenvalue weighted by Crippen LogP contribution is 2.26. The number of carbonyl (C=O) groups excluding carboxylic acids is 3. The molecule has 1 fully saturated rings. The number of fused-ring (bicyclic) bond motifs is 1. The van der Waals surface area contributed by atoms with Crippen LogP contribution in [0.4, 0.5) is 4.79 Å². The third-order valence-corrected chi connectivity index (χ3v) is 6.98. The van der Waals surface area contributed by atoms with Crippen LogP contribution in [0.3, 0.4) is 0 Å². The molecule has 9 nitrogen and oxygen atoms in total. The van der Waals surface area contributed by atoms with Crippen molar-refractivity contribution < 1.29 is 27.5 Å². The maximum absolute atomic E-state index is 12.8. The standard InChI is InChI=1S/C21H29N3O6S/c1-14(19(25)23-21(27)22-17-10-4-3-5-11-17)30-20(26)18-12-15-8-6-7-9-16(15)13-24(18)31(2,28)29/h6-9,14,17-18H,3-5,10-13H2,1-2H3,(H2,22,23,25,27)/t14-,18+/m0/s1. The van der Waals surface area contributed by atoms with Crippen LogP contribution in [0, 0.1) is 0 Å². The average molecular weight is 452 g/mol. The summed E-state index contributed by atoms with van der Waals surface area (Å²) < 4.78 is 30.8. The van der Waals surface area contributed by atoms with Gasteiger partial charge in [0.15, 0.2) is 6.10 Å². The van der Waals surface area contributed by atoms with Crippen molar-refractivity contribution in [2.24, 2.45) is 0 Å². The van der Waals surface area contributed by atoms with E-state index in [1.807, 2.05) is 24.3 Å². The van der Waals surface area contributed by atoms with Gasteiger partial charge in [0, 0.05) is 19.0 Å². The number of carbonyl (C=O) groups is 3. The van der Waals surface area contributed by atoms with Crippen LogP contribution in [0.15, 0.2) is 24.3 Å². The molecule has 0 saturated heterocycles. The summed E-state index contributed by atoms with van der Waals surface area (Å²) in [5.41, 5.74) is 1.68. The van der Waals surface area contributed by atoms with Crippen molar-refractivity contribution in [2.45, 2.75) is 70.2 Å². The molecule has 1 heterocycles. The van der Waals surface area contributed by atoms with Crippen LogP contribution in [0.5, 0.6) is 0 Å². The van der Waals surface area contributed by atoms with E-state index in [-0.39, 0.29) is 19.0 Å². The predicted octanol–water partition coefficient (Wildman–Crippen LogP) is 1.46. The maximum Gasteiger partial charge on any atom is 0.325 e. The number of benzene rings is 1. The maximum atomic E-state index is 12.8. The van der Waals surface area contributed by atoms with Gasteiger partial charge in [-0.05, 0) is 30.9 Å². The fourth-order valence-corrected chi connectivity index (χ4v) is 5.03. The summed E-state index contributed by atoms with van der Waals surface area (Å²) in [7, 11) is -3.69. The highest BCUT2D eigenvalue weighted by Gasteiger charge is 2.39. The molecule has 170 valence electrons. The molecule has 2 N–H and O–H groups in total. The van der Waals surface area contributed by atoms with E-state index in [1.54, 1.807) is 0 Å². The Labute approximate surface area is 182 Å². The van der Waals surface area contributed by atoms with Crippen LogP contribution in [0.25, 0.3) is 0 Å². The zero-order valence-electron chi connectivity index (χ0n) is 17.8. The van der Waals surface area contributed by atoms with E-state index in [0.29, 0.717) is 0 Å². The SMILES string of the molecule is C[C@H](OC(=O)[C@H]1Cc2ccccc2CN1S(C)(=O)=O)C(=O)NC(=O)NC1CCCCC1. The number of rotatable bonds is 5. The molecule has 0 spiro atoms. The smallest absolute Gasteiger partial charge is 0.325 e. The number of hydrogen-bond donors (Lipinski definition) is 2. The van der Waals surface area contributed by atoms with Gasteiger partial charge in [-0.3, -0.25) is 14.9 Å². The quantitative estimate of drug-likeness (QED) is 0.654. The van der Waals surface area contributed by atoms with Crippen LogP contribution >= 0.6 is 0 Å². The molecule has 1 saturated carbocycles. The van der Waals surface area contributed by atoms with Crippen molar-refractivity contribution in [3.8, 4) is 0 Å². The Kier molecular flexibility index (Phi) is 7.32. The number of amides is 3. The van der Waals surface area contributed by atoms with Gasteiger partial charge in [-0.1, -0.05) is 43.5 Å². The third kappa shape index (κ3) is 6.04. The van der Waals surface area contributed by atoms with Crippen molar-refractivity contribution in [1.82, 2.24) is 14.9 Å². The molecule has 2 atom stereocenters. The van der Waals surface area contributed by atoms with Crippen LogP contribution in [0.2, 0.25) is 0 Å². The fraction of sp³-hybridized carbons (Fsp3) is 0.571. The summed E-state index contributed by atoms with van der Waals surface area (Å²) in [4.78, 5) is 37.1. The lowest BCUT2D eigenvalue weighted by atomic mass is 9.96. The van der Waals surface area contributed by atoms with Crippen LogP contribution in [-0.2, 0) is 37.3 Å². The number of sulfonamides is 1. The van der Waals surface area contributed by atoms with Crippen LogP contribution < -0.4 is 10.6 Å². The molecular weight excluding hydrogens is 422 g/mol. The molecule has 0 radical (unpaired) electrons. The molecule has 10 heteroatoms. The van der Waals surface area contributed by atoms with Gasteiger partial charge in [0.1, 0.15) is 6.04 Å². The summed E-state index contributed by atoms with van der Waals surface area (Å²) in [5, 5.41) is 4.95. The molecule has 1 aromatic carbocycles. The minimum Gasteiger partial charge on any atom is -0.451 e. The Hall–Kier alpha value is -2.46. The molecule has 31 heavy (non-hydrogen) atoms. The van der Waals surface area contributed by atoms with Crippen LogP contribution in [-0.4, -0.2) is 55.1 Å². The Morgan fingerprint density at radius 2 is 1.74 bits per heavy atom. The Morgan fingerprint density at radius 1 is 1.10 bits per heavy atom. The monoisotopic (exact) mass is 451 g/mol. The highest BCUT2D eigenvalue weighted by molar-refractivity contribution is 7.88. The molecule has 1 aliphatic heterocycles. The second-order valence-electron chi connectivity index (χ2n) is 8.17. The van der Waals surface area contributed by atoms with Crippen LogP contribution in [0.1, 0.15) is 50.2 Å². The van der Waals surface area contributed by atoms with Gasteiger partial charge in [0.25, 0.3) is 5.91 Å². The van der Waals surface area contributed by atoms with Gasteiger partial charge >= 0.3 is 12.0 Å². The summed E-state index contributed by atoms with van der Waals surface area (Å²) in [6, 6.07) is 5.61. The first kappa shape index (κ1) is 23.2. The van der Waals surface area contributed by atoms with Crippen molar-refractivity contribution in [2.75, 3.05) is 6.26 Å². The first-order valence-corrected chi connectivity index (χ1v) is 12.4. The van der Waals surface area contributed by atoms with Gasteiger partial charge in [-0.25, -0.2) is 13.2 Å². The normalized spacial score (nSPS) is 20.9. The molecule has 0 aromatic heterocycles. The first-order chi connectivity index (χ1) is 14.6. The van der Waals surface area contributed by atoms with E-state index in [0.717, 1.165) is 53.8 Å². The first-order valence-electron chi connectivity index (χ1n) is 10.5. The highest BCUT2D eigenvalue weighted by atomic mass is 32.2. The average Bonchev–Trinajstić information content (AvgIpc) is 2.72. The minimum absolute atomic E-state index is 0.0324. The fourth-order valence-electron chi connectivity index (χ4n) is 4.04. The van der Waals surface area contributed by atoms with Gasteiger partial charge < -0.3 is 10.1 Å². The van der Waals surface area contributed by atoms with Gasteiger partial charge in [0.2, 0.25) is 10.0 Å². The molecule has 2 aliphatic rings. The number of imide groups is 1. The molecule has 0 bridgehead atoms. The summed E-state index contributed by atoms with van der Waals surface area (Å²) in [6.45, 7) is 1.40. The summed E-state index contributed by atoms with van der Waals surface area (Å²) >= 11 is 0. The van der Waals surface area contributed by atoms with Crippen molar-refractivity contribution in [1.29, 1.82) is 0 Å². The minimum atomic E-state index is -3.69. The lowest BCUT2D eigenvalue weighted by Crippen LogP contribution is -2.51. The van der Waals surface area contributed by atoms with E-state index in [2.05, 4.69) is 10.6 Å². The van der Waals surface area contributed by atoms with E-state index in [9.17, 15) is 22.8 Å². The van der Waals surface area contributed by atoms with Crippen molar-refractivity contribution in [3.63, 3.8) is 0 Å². The largest absolute Gasteiger partial charge is 0.451 e. The lowest BCUT2D eigenvalue weighted by molar-refractivity contribution is -0.158. The second-order valence-corrected chi connectivity index (χ2v) is 10.1. The third-order valence-electron chi connectivity index (χ3n) is 5.74. The zero-order chi connectivity index (χ0) is 22.6. The second kappa shape index (κ2) is 9.78. The van der Waals surface area contributed by atoms with Gasteiger partial charge in [0.05, 0.1) is 6.26 Å².